The van der Waals surface area contributed by atoms with E-state index in [1.54, 1.807) is 24.3 Å². The molecular formula is C20H27NO3SSi. The van der Waals surface area contributed by atoms with Crippen LogP contribution in [0, 0.1) is 6.92 Å². The van der Waals surface area contributed by atoms with Gasteiger partial charge in [-0.05, 0) is 49.3 Å². The molecule has 2 rings (SSSR count). The van der Waals surface area contributed by atoms with Gasteiger partial charge in [-0.1, -0.05) is 50.6 Å². The van der Waals surface area contributed by atoms with Crippen LogP contribution in [0.2, 0.25) is 18.1 Å². The highest BCUT2D eigenvalue weighted by Gasteiger charge is 2.39. The minimum absolute atomic E-state index is 0.0469. The number of hydrogen-bond donors (Lipinski definition) is 0. The lowest BCUT2D eigenvalue weighted by atomic mass is 10.2. The first-order chi connectivity index (χ1) is 11.9. The lowest BCUT2D eigenvalue weighted by Gasteiger charge is -2.36. The van der Waals surface area contributed by atoms with Crippen molar-refractivity contribution in [3.63, 3.8) is 0 Å². The van der Waals surface area contributed by atoms with Gasteiger partial charge in [0, 0.05) is 5.56 Å². The van der Waals surface area contributed by atoms with Crippen molar-refractivity contribution in [1.29, 1.82) is 0 Å². The van der Waals surface area contributed by atoms with Gasteiger partial charge in [0.2, 0.25) is 0 Å². The molecule has 0 amide bonds. The molecule has 140 valence electrons. The van der Waals surface area contributed by atoms with Crippen molar-refractivity contribution in [3.05, 3.63) is 59.7 Å². The number of sulfonamides is 1. The molecule has 0 aliphatic carbocycles. The van der Waals surface area contributed by atoms with E-state index in [4.69, 9.17) is 4.43 Å². The summed E-state index contributed by atoms with van der Waals surface area (Å²) in [6.45, 7) is 12.7. The summed E-state index contributed by atoms with van der Waals surface area (Å²) in [6, 6.07) is 14.1. The van der Waals surface area contributed by atoms with Crippen molar-refractivity contribution in [3.8, 4) is 5.75 Å². The maximum atomic E-state index is 12.4. The van der Waals surface area contributed by atoms with E-state index in [1.165, 1.54) is 6.21 Å². The average Bonchev–Trinajstić information content (AvgIpc) is 2.53. The van der Waals surface area contributed by atoms with Gasteiger partial charge in [0.25, 0.3) is 18.3 Å². The van der Waals surface area contributed by atoms with Crippen LogP contribution in [0.15, 0.2) is 57.8 Å². The smallest absolute Gasteiger partial charge is 0.282 e. The van der Waals surface area contributed by atoms with Gasteiger partial charge in [0.1, 0.15) is 5.75 Å². The number of benzene rings is 2. The highest BCUT2D eigenvalue weighted by Crippen LogP contribution is 2.38. The third kappa shape index (κ3) is 4.83. The Morgan fingerprint density at radius 1 is 1.00 bits per heavy atom. The monoisotopic (exact) mass is 389 g/mol. The molecular weight excluding hydrogens is 362 g/mol. The number of rotatable bonds is 5. The van der Waals surface area contributed by atoms with Gasteiger partial charge in [-0.15, -0.1) is 0 Å². The molecule has 0 fully saturated rings. The maximum Gasteiger partial charge on any atom is 0.282 e. The molecule has 2 aromatic rings. The zero-order chi connectivity index (χ0) is 19.6. The average molecular weight is 390 g/mol. The molecule has 0 aromatic heterocycles. The van der Waals surface area contributed by atoms with E-state index in [9.17, 15) is 8.42 Å². The first kappa shape index (κ1) is 20.4. The largest absolute Gasteiger partial charge is 0.543 e. The summed E-state index contributed by atoms with van der Waals surface area (Å²) < 4.78 is 35.1. The van der Waals surface area contributed by atoms with E-state index in [-0.39, 0.29) is 9.93 Å². The normalized spacial score (nSPS) is 13.2. The van der Waals surface area contributed by atoms with Crippen LogP contribution in [-0.4, -0.2) is 22.9 Å². The SMILES string of the molecule is Cc1ccc(S(=O)(=O)/N=C/c2ccccc2O[Si](C)(C)C(C)(C)C)cc1. The molecule has 0 spiro atoms. The standard InChI is InChI=1S/C20H27NO3SSi/c1-16-11-13-18(14-12-16)25(22,23)21-15-17-9-7-8-10-19(17)24-26(5,6)20(2,3)4/h7-15H,1-6H3/b21-15+. The molecule has 0 saturated heterocycles. The fraction of sp³-hybridized carbons (Fsp3) is 0.350. The highest BCUT2D eigenvalue weighted by molar-refractivity contribution is 7.90. The molecule has 4 nitrogen and oxygen atoms in total. The molecule has 0 aliphatic rings. The molecule has 0 heterocycles. The van der Waals surface area contributed by atoms with Crippen molar-refractivity contribution in [2.24, 2.45) is 4.40 Å². The molecule has 0 aliphatic heterocycles. The fourth-order valence-corrected chi connectivity index (χ4v) is 3.90. The van der Waals surface area contributed by atoms with Crippen LogP contribution in [0.4, 0.5) is 0 Å². The predicted octanol–water partition coefficient (Wildman–Crippen LogP) is 5.19. The molecule has 0 bridgehead atoms. The third-order valence-corrected chi connectivity index (χ3v) is 10.3. The number of para-hydroxylation sites is 1. The van der Waals surface area contributed by atoms with Gasteiger partial charge in [-0.25, -0.2) is 0 Å². The second-order valence-corrected chi connectivity index (χ2v) is 14.3. The van der Waals surface area contributed by atoms with Crippen LogP contribution in [0.5, 0.6) is 5.75 Å². The lowest BCUT2D eigenvalue weighted by Crippen LogP contribution is -2.44. The molecule has 0 radical (unpaired) electrons. The Labute approximate surface area is 158 Å². The summed E-state index contributed by atoms with van der Waals surface area (Å²) in [5, 5.41) is 0.0469. The Bertz CT molecular complexity index is 895. The summed E-state index contributed by atoms with van der Waals surface area (Å²) >= 11 is 0. The molecule has 0 saturated carbocycles. The van der Waals surface area contributed by atoms with E-state index in [0.717, 1.165) is 5.56 Å². The van der Waals surface area contributed by atoms with Crippen molar-refractivity contribution in [2.75, 3.05) is 0 Å². The van der Waals surface area contributed by atoms with Crippen LogP contribution in [0.25, 0.3) is 0 Å². The van der Waals surface area contributed by atoms with Gasteiger partial charge >= 0.3 is 0 Å². The summed E-state index contributed by atoms with van der Waals surface area (Å²) in [5.74, 6) is 0.668. The van der Waals surface area contributed by atoms with Gasteiger partial charge < -0.3 is 4.43 Å². The van der Waals surface area contributed by atoms with Gasteiger partial charge in [-0.3, -0.25) is 0 Å². The van der Waals surface area contributed by atoms with E-state index in [0.29, 0.717) is 11.3 Å². The molecule has 0 N–H and O–H groups in total. The Balaban J connectivity index is 2.33. The van der Waals surface area contributed by atoms with Gasteiger partial charge in [0.05, 0.1) is 11.1 Å². The predicted molar refractivity (Wildman–Crippen MR) is 110 cm³/mol. The van der Waals surface area contributed by atoms with E-state index >= 15 is 0 Å². The van der Waals surface area contributed by atoms with Gasteiger partial charge in [0.15, 0.2) is 0 Å². The molecule has 26 heavy (non-hydrogen) atoms. The van der Waals surface area contributed by atoms with E-state index < -0.39 is 18.3 Å². The second kappa shape index (κ2) is 7.37. The zero-order valence-electron chi connectivity index (χ0n) is 16.3. The van der Waals surface area contributed by atoms with Crippen LogP contribution in [0.1, 0.15) is 31.9 Å². The van der Waals surface area contributed by atoms with Crippen LogP contribution in [-0.2, 0) is 10.0 Å². The summed E-state index contributed by atoms with van der Waals surface area (Å²) in [6.07, 6.45) is 1.37. The maximum absolute atomic E-state index is 12.4. The van der Waals surface area contributed by atoms with Crippen molar-refractivity contribution >= 4 is 24.6 Å². The molecule has 2 aromatic carbocycles. The van der Waals surface area contributed by atoms with Crippen molar-refractivity contribution in [1.82, 2.24) is 0 Å². The van der Waals surface area contributed by atoms with Gasteiger partial charge in [-0.2, -0.15) is 12.8 Å². The number of aryl methyl sites for hydroxylation is 1. The Morgan fingerprint density at radius 2 is 1.58 bits per heavy atom. The Kier molecular flexibility index (Phi) is 5.78. The zero-order valence-corrected chi connectivity index (χ0v) is 18.1. The third-order valence-electron chi connectivity index (χ3n) is 4.74. The first-order valence-electron chi connectivity index (χ1n) is 8.57. The highest BCUT2D eigenvalue weighted by atomic mass is 32.2. The second-order valence-electron chi connectivity index (χ2n) is 7.92. The molecule has 0 unspecified atom stereocenters. The first-order valence-corrected chi connectivity index (χ1v) is 12.9. The lowest BCUT2D eigenvalue weighted by molar-refractivity contribution is 0.491. The minimum atomic E-state index is -3.74. The Morgan fingerprint density at radius 3 is 2.15 bits per heavy atom. The van der Waals surface area contributed by atoms with Crippen LogP contribution >= 0.6 is 0 Å². The summed E-state index contributed by atoms with van der Waals surface area (Å²) in [7, 11) is -5.77. The molecule has 6 heteroatoms. The fourth-order valence-electron chi connectivity index (χ4n) is 2.01. The molecule has 0 atom stereocenters. The summed E-state index contributed by atoms with van der Waals surface area (Å²) in [4.78, 5) is 0.183. The Hall–Kier alpha value is -1.92. The quantitative estimate of drug-likeness (QED) is 0.522. The number of hydrogen-bond acceptors (Lipinski definition) is 3. The van der Waals surface area contributed by atoms with Crippen LogP contribution < -0.4 is 4.43 Å². The van der Waals surface area contributed by atoms with Crippen molar-refractivity contribution in [2.45, 2.75) is 50.7 Å². The number of nitrogens with zero attached hydrogens (tertiary/aromatic N) is 1. The summed E-state index contributed by atoms with van der Waals surface area (Å²) in [5.41, 5.74) is 1.66. The van der Waals surface area contributed by atoms with Crippen molar-refractivity contribution < 1.29 is 12.8 Å². The van der Waals surface area contributed by atoms with E-state index in [2.05, 4.69) is 38.3 Å². The van der Waals surface area contributed by atoms with E-state index in [1.807, 2.05) is 31.2 Å². The van der Waals surface area contributed by atoms with Crippen LogP contribution in [0.3, 0.4) is 0 Å². The minimum Gasteiger partial charge on any atom is -0.543 e. The topological polar surface area (TPSA) is 55.7 Å².